The Morgan fingerprint density at radius 2 is 1.00 bits per heavy atom. The van der Waals surface area contributed by atoms with Gasteiger partial charge in [0.05, 0.1) is 0 Å². The Morgan fingerprint density at radius 3 is 1.00 bits per heavy atom. The van der Waals surface area contributed by atoms with Crippen LogP contribution in [0.5, 0.6) is 0 Å². The summed E-state index contributed by atoms with van der Waals surface area (Å²) in [5.41, 5.74) is 0. The van der Waals surface area contributed by atoms with Gasteiger partial charge in [0.1, 0.15) is 0 Å². The van der Waals surface area contributed by atoms with Crippen LogP contribution in [0.15, 0.2) is 0 Å². The molecule has 0 fully saturated rings. The molecule has 84 valence electrons. The summed E-state index contributed by atoms with van der Waals surface area (Å²) >= 11 is -4.46. The Hall–Kier alpha value is 3.05. The van der Waals surface area contributed by atoms with E-state index in [-0.39, 0.29) is 0 Å². The summed E-state index contributed by atoms with van der Waals surface area (Å²) in [5, 5.41) is 0. The van der Waals surface area contributed by atoms with Crippen LogP contribution in [-0.2, 0) is 0 Å². The predicted octanol–water partition coefficient (Wildman–Crippen LogP) is 5.39. The molecule has 0 aliphatic heterocycles. The Bertz CT molecular complexity index is 72.8. The first-order chi connectivity index (χ1) is 5.65. The van der Waals surface area contributed by atoms with Gasteiger partial charge in [-0.05, 0) is 0 Å². The van der Waals surface area contributed by atoms with Gasteiger partial charge in [0.2, 0.25) is 0 Å². The van der Waals surface area contributed by atoms with Gasteiger partial charge in [0.25, 0.3) is 0 Å². The minimum absolute atomic E-state index is 1.32. The molecule has 0 spiro atoms. The zero-order chi connectivity index (χ0) is 11.5. The maximum absolute atomic E-state index is 5.51. The predicted molar refractivity (Wildman–Crippen MR) is 74.5 cm³/mol. The Labute approximate surface area is 112 Å². The fraction of sp³-hybridized carbons (Fsp3) is 1.00. The molecule has 0 amide bonds. The molecule has 0 heterocycles. The van der Waals surface area contributed by atoms with E-state index in [1.165, 1.54) is 12.8 Å². The average molecular weight is 504 g/mol. The molecule has 0 rings (SSSR count). The monoisotopic (exact) mass is 504 g/mol. The Morgan fingerprint density at radius 1 is 0.923 bits per heavy atom. The van der Waals surface area contributed by atoms with Crippen LogP contribution in [0, 0.1) is 0 Å². The van der Waals surface area contributed by atoms with Gasteiger partial charge in [-0.1, -0.05) is 26.7 Å². The fourth-order valence-corrected chi connectivity index (χ4v) is 0. The van der Waals surface area contributed by atoms with Gasteiger partial charge in [-0.15, -0.1) is 0 Å². The third kappa shape index (κ3) is 156. The molecule has 0 aliphatic rings. The van der Waals surface area contributed by atoms with E-state index in [9.17, 15) is 0 Å². The average Bonchev–Trinajstić information content (AvgIpc) is 1.82. The number of rotatable bonds is 1. The van der Waals surface area contributed by atoms with E-state index in [1.54, 1.807) is 0 Å². The molecule has 0 nitrogen and oxygen atoms in total. The van der Waals surface area contributed by atoms with Crippen molar-refractivity contribution in [1.82, 2.24) is 0 Å². The zero-order valence-electron chi connectivity index (χ0n) is 8.38. The molecule has 0 N–H and O–H groups in total. The van der Waals surface area contributed by atoms with Crippen molar-refractivity contribution in [3.05, 3.63) is 0 Å². The first kappa shape index (κ1) is 21.3. The van der Waals surface area contributed by atoms with Crippen LogP contribution in [0.1, 0.15) is 26.7 Å². The molecule has 0 atom stereocenters. The summed E-state index contributed by atoms with van der Waals surface area (Å²) in [6.45, 7) is 4.36. The molecule has 13 heavy (non-hydrogen) atoms. The topological polar surface area (TPSA) is 0 Å². The summed E-state index contributed by atoms with van der Waals surface area (Å²) < 4.78 is 0. The fourth-order valence-electron chi connectivity index (χ4n) is 0. The number of unbranched alkanes of at least 4 members (excludes halogenated alkanes) is 1. The van der Waals surface area contributed by atoms with Gasteiger partial charge in [0.15, 0.2) is 0 Å². The Kier molecular flexibility index (Phi) is 24.7. The van der Waals surface area contributed by atoms with Crippen LogP contribution < -0.4 is 0 Å². The molecule has 0 aromatic heterocycles. The van der Waals surface area contributed by atoms with Gasteiger partial charge in [-0.3, -0.25) is 0 Å². The normalized spacial score (nSPS) is 9.69. The summed E-state index contributed by atoms with van der Waals surface area (Å²) in [7, 11) is 26.1. The molecule has 0 unspecified atom stereocenters. The van der Waals surface area contributed by atoms with E-state index in [2.05, 4.69) is 13.8 Å². The van der Waals surface area contributed by atoms with Crippen molar-refractivity contribution < 1.29 is 0 Å². The van der Waals surface area contributed by atoms with Gasteiger partial charge in [0, 0.05) is 0 Å². The third-order valence-electron chi connectivity index (χ3n) is 0.500. The van der Waals surface area contributed by atoms with E-state index < -0.39 is 32.5 Å². The molecule has 0 bridgehead atoms. The van der Waals surface area contributed by atoms with Gasteiger partial charge < -0.3 is 0 Å². The zero-order valence-corrected chi connectivity index (χ0v) is 18.3. The molecule has 0 saturated carbocycles. The van der Waals surface area contributed by atoms with E-state index >= 15 is 0 Å². The number of hydrogen-bond acceptors (Lipinski definition) is 0. The van der Waals surface area contributed by atoms with E-state index in [0.29, 0.717) is 0 Å². The second-order valence-electron chi connectivity index (χ2n) is 2.57. The van der Waals surface area contributed by atoms with Gasteiger partial charge in [-0.25, -0.2) is 0 Å². The SMILES string of the molecule is CCCC.[CH3][Sn]([CH3])([Cl])[Cl].[Cl][SnH]([Cl])[Cl]. The summed E-state index contributed by atoms with van der Waals surface area (Å²) in [6.07, 6.45) is 2.64. The molecular formula is C6H17Cl5Sn2. The maximum atomic E-state index is 5.51. The molecule has 0 aromatic carbocycles. The van der Waals surface area contributed by atoms with Crippen LogP contribution in [0.4, 0.5) is 0 Å². The van der Waals surface area contributed by atoms with Crippen molar-refractivity contribution in [3.8, 4) is 0 Å². The first-order valence-corrected chi connectivity index (χ1v) is 29.4. The third-order valence-corrected chi connectivity index (χ3v) is 0.500. The van der Waals surface area contributed by atoms with Crippen LogP contribution >= 0.6 is 44.6 Å². The molecule has 0 aliphatic carbocycles. The molecule has 7 heteroatoms. The Balaban J connectivity index is -0.000000117. The summed E-state index contributed by atoms with van der Waals surface area (Å²) in [4.78, 5) is 3.86. The van der Waals surface area contributed by atoms with Crippen LogP contribution in [0.3, 0.4) is 0 Å². The van der Waals surface area contributed by atoms with Crippen LogP contribution in [-0.4, -0.2) is 32.5 Å². The van der Waals surface area contributed by atoms with Gasteiger partial charge >= 0.3 is 87.0 Å². The quantitative estimate of drug-likeness (QED) is 0.421. The van der Waals surface area contributed by atoms with Crippen molar-refractivity contribution in [1.29, 1.82) is 0 Å². The van der Waals surface area contributed by atoms with Gasteiger partial charge in [-0.2, -0.15) is 0 Å². The molecule has 0 aromatic rings. The number of halogens is 5. The van der Waals surface area contributed by atoms with Crippen molar-refractivity contribution >= 4 is 77.1 Å². The first-order valence-electron chi connectivity index (χ1n) is 3.95. The van der Waals surface area contributed by atoms with Crippen molar-refractivity contribution in [3.63, 3.8) is 0 Å². The number of hydrogen-bond donors (Lipinski definition) is 0. The van der Waals surface area contributed by atoms with E-state index in [1.807, 2.05) is 9.88 Å². The second kappa shape index (κ2) is 15.0. The molecular weight excluding hydrogens is 487 g/mol. The standard InChI is InChI=1S/C4H10.2CH3.5ClH.2Sn.H/c1-3-4-2;;;;;;;;;;/h3-4H2,1-2H3;2*1H3;5*1H;;;/q;;;;;;;;+2;+3;/p-5. The van der Waals surface area contributed by atoms with Crippen molar-refractivity contribution in [2.24, 2.45) is 0 Å². The van der Waals surface area contributed by atoms with Crippen LogP contribution in [0.2, 0.25) is 9.88 Å². The van der Waals surface area contributed by atoms with Crippen molar-refractivity contribution in [2.45, 2.75) is 36.6 Å². The summed E-state index contributed by atoms with van der Waals surface area (Å²) in [6, 6.07) is 0. The second-order valence-corrected chi connectivity index (χ2v) is 38.8. The summed E-state index contributed by atoms with van der Waals surface area (Å²) in [5.74, 6) is 0. The van der Waals surface area contributed by atoms with Crippen LogP contribution in [0.25, 0.3) is 0 Å². The molecule has 0 saturated heterocycles. The molecule has 0 radical (unpaired) electrons. The minimum atomic E-state index is -2.24. The van der Waals surface area contributed by atoms with E-state index in [4.69, 9.17) is 44.6 Å². The van der Waals surface area contributed by atoms with E-state index in [0.717, 1.165) is 0 Å². The van der Waals surface area contributed by atoms with Crippen molar-refractivity contribution in [2.75, 3.05) is 0 Å².